The lowest BCUT2D eigenvalue weighted by atomic mass is 9.91. The van der Waals surface area contributed by atoms with Gasteiger partial charge in [0.1, 0.15) is 12.0 Å². The van der Waals surface area contributed by atoms with E-state index in [1.165, 1.54) is 4.90 Å². The van der Waals surface area contributed by atoms with E-state index < -0.39 is 35.3 Å². The van der Waals surface area contributed by atoms with E-state index in [9.17, 15) is 19.5 Å². The van der Waals surface area contributed by atoms with E-state index in [1.54, 1.807) is 50.5 Å². The number of aliphatic carboxylic acids is 1. The van der Waals surface area contributed by atoms with Gasteiger partial charge in [-0.15, -0.1) is 0 Å². The average Bonchev–Trinajstić information content (AvgIpc) is 2.57. The second-order valence-electron chi connectivity index (χ2n) is 8.08. The zero-order valence-corrected chi connectivity index (χ0v) is 16.6. The Balaban J connectivity index is 3.32. The molecule has 0 saturated carbocycles. The summed E-state index contributed by atoms with van der Waals surface area (Å²) in [6.07, 6.45) is 0.323. The Morgan fingerprint density at radius 3 is 2.07 bits per heavy atom. The summed E-state index contributed by atoms with van der Waals surface area (Å²) >= 11 is 0. The van der Waals surface area contributed by atoms with Gasteiger partial charge in [-0.2, -0.15) is 0 Å². The lowest BCUT2D eigenvalue weighted by Gasteiger charge is -2.42. The van der Waals surface area contributed by atoms with Gasteiger partial charge in [0.25, 0.3) is 5.91 Å². The van der Waals surface area contributed by atoms with E-state index in [4.69, 9.17) is 5.21 Å². The Hall–Kier alpha value is -2.41. The molecule has 0 radical (unpaired) electrons. The topological polar surface area (TPSA) is 107 Å². The molecule has 0 bridgehead atoms. The highest BCUT2D eigenvalue weighted by Gasteiger charge is 2.42. The first kappa shape index (κ1) is 22.6. The van der Waals surface area contributed by atoms with Crippen molar-refractivity contribution in [3.8, 4) is 0 Å². The molecule has 1 unspecified atom stereocenters. The van der Waals surface area contributed by atoms with Crippen molar-refractivity contribution in [3.05, 3.63) is 35.9 Å². The molecule has 1 aromatic rings. The molecule has 1 rings (SSSR count). The van der Waals surface area contributed by atoms with Crippen LogP contribution in [0.1, 0.15) is 46.6 Å². The quantitative estimate of drug-likeness (QED) is 0.366. The van der Waals surface area contributed by atoms with Crippen molar-refractivity contribution in [1.29, 1.82) is 0 Å². The maximum absolute atomic E-state index is 13.3. The smallest absolute Gasteiger partial charge is 0.326 e. The molecule has 3 N–H and O–H groups in total. The lowest BCUT2D eigenvalue weighted by Crippen LogP contribution is -2.58. The number of amides is 2. The zero-order valence-electron chi connectivity index (χ0n) is 16.6. The van der Waals surface area contributed by atoms with Gasteiger partial charge in [0.05, 0.1) is 0 Å². The number of hydrogen-bond donors (Lipinski definition) is 3. The number of rotatable bonds is 8. The average molecular weight is 378 g/mol. The van der Waals surface area contributed by atoms with Crippen LogP contribution in [-0.2, 0) is 20.8 Å². The monoisotopic (exact) mass is 378 g/mol. The predicted molar refractivity (Wildman–Crippen MR) is 101 cm³/mol. The molecule has 2 amide bonds. The van der Waals surface area contributed by atoms with Gasteiger partial charge < -0.3 is 10.0 Å². The summed E-state index contributed by atoms with van der Waals surface area (Å²) in [7, 11) is 0. The number of carbonyl (C=O) groups excluding carboxylic acids is 2. The molecule has 2 atom stereocenters. The number of carboxylic acid groups (broad SMARTS) is 1. The van der Waals surface area contributed by atoms with Crippen molar-refractivity contribution in [1.82, 2.24) is 10.4 Å². The third-order valence-corrected chi connectivity index (χ3v) is 4.26. The van der Waals surface area contributed by atoms with Crippen LogP contribution in [-0.4, -0.2) is 44.6 Å². The van der Waals surface area contributed by atoms with Crippen LogP contribution in [0.2, 0.25) is 0 Å². The molecule has 0 spiro atoms. The van der Waals surface area contributed by atoms with Crippen LogP contribution in [0, 0.1) is 11.8 Å². The van der Waals surface area contributed by atoms with Gasteiger partial charge >= 0.3 is 5.97 Å². The summed E-state index contributed by atoms with van der Waals surface area (Å²) in [6, 6.07) is 7.87. The lowest BCUT2D eigenvalue weighted by molar-refractivity contribution is -0.161. The van der Waals surface area contributed by atoms with Crippen molar-refractivity contribution in [2.45, 2.75) is 59.0 Å². The van der Waals surface area contributed by atoms with Crippen molar-refractivity contribution >= 4 is 17.8 Å². The standard InChI is InChI=1S/C20H30N2O5/c1-13(2)11-16(19(25)26)22(20(3,4)5)18(24)15(17(23)21-27)12-14-9-7-6-8-10-14/h6-10,13,15-16,27H,11-12H2,1-5H3,(H,21,23)(H,25,26)/t15?,16-/m0/s1. The summed E-state index contributed by atoms with van der Waals surface area (Å²) in [5, 5.41) is 18.9. The number of carboxylic acids is 1. The van der Waals surface area contributed by atoms with Crippen LogP contribution in [0.4, 0.5) is 0 Å². The third kappa shape index (κ3) is 6.36. The number of carbonyl (C=O) groups is 3. The van der Waals surface area contributed by atoms with E-state index in [0.29, 0.717) is 0 Å². The van der Waals surface area contributed by atoms with Crippen LogP contribution in [0.3, 0.4) is 0 Å². The SMILES string of the molecule is CC(C)C[C@@H](C(=O)O)N(C(=O)C(Cc1ccccc1)C(=O)NO)C(C)(C)C. The summed E-state index contributed by atoms with van der Waals surface area (Å²) < 4.78 is 0. The van der Waals surface area contributed by atoms with E-state index in [0.717, 1.165) is 5.56 Å². The van der Waals surface area contributed by atoms with Crippen molar-refractivity contribution in [2.24, 2.45) is 11.8 Å². The molecule has 0 aromatic heterocycles. The zero-order chi connectivity index (χ0) is 20.8. The van der Waals surface area contributed by atoms with Gasteiger partial charge in [0, 0.05) is 5.54 Å². The summed E-state index contributed by atoms with van der Waals surface area (Å²) in [5.74, 6) is -3.78. The largest absolute Gasteiger partial charge is 0.480 e. The van der Waals surface area contributed by atoms with E-state index in [2.05, 4.69) is 0 Å². The Kier molecular flexibility index (Phi) is 7.97. The van der Waals surface area contributed by atoms with Gasteiger partial charge in [-0.1, -0.05) is 44.2 Å². The highest BCUT2D eigenvalue weighted by molar-refractivity contribution is 6.01. The molecule has 0 aliphatic carbocycles. The molecule has 0 aliphatic rings. The van der Waals surface area contributed by atoms with Crippen LogP contribution in [0.15, 0.2) is 30.3 Å². The van der Waals surface area contributed by atoms with Gasteiger partial charge in [0.15, 0.2) is 0 Å². The summed E-state index contributed by atoms with van der Waals surface area (Å²) in [6.45, 7) is 8.96. The van der Waals surface area contributed by atoms with E-state index >= 15 is 0 Å². The first-order valence-corrected chi connectivity index (χ1v) is 9.02. The first-order chi connectivity index (χ1) is 12.5. The molecule has 27 heavy (non-hydrogen) atoms. The second kappa shape index (κ2) is 9.50. The number of benzene rings is 1. The maximum Gasteiger partial charge on any atom is 0.326 e. The van der Waals surface area contributed by atoms with Crippen molar-refractivity contribution in [2.75, 3.05) is 0 Å². The van der Waals surface area contributed by atoms with Crippen LogP contribution in [0.25, 0.3) is 0 Å². The summed E-state index contributed by atoms with van der Waals surface area (Å²) in [5.41, 5.74) is 1.47. The number of nitrogens with zero attached hydrogens (tertiary/aromatic N) is 1. The van der Waals surface area contributed by atoms with Crippen LogP contribution >= 0.6 is 0 Å². The minimum atomic E-state index is -1.23. The Bertz CT molecular complexity index is 652. The molecule has 150 valence electrons. The third-order valence-electron chi connectivity index (χ3n) is 4.26. The van der Waals surface area contributed by atoms with Crippen LogP contribution < -0.4 is 5.48 Å². The molecule has 0 fully saturated rings. The minimum absolute atomic E-state index is 0.0444. The van der Waals surface area contributed by atoms with E-state index in [-0.39, 0.29) is 18.8 Å². The van der Waals surface area contributed by atoms with Gasteiger partial charge in [-0.05, 0) is 45.1 Å². The fourth-order valence-electron chi connectivity index (χ4n) is 3.10. The predicted octanol–water partition coefficient (Wildman–Crippen LogP) is 2.48. The number of hydrogen-bond acceptors (Lipinski definition) is 4. The fraction of sp³-hybridized carbons (Fsp3) is 0.550. The number of hydroxylamine groups is 1. The highest BCUT2D eigenvalue weighted by Crippen LogP contribution is 2.26. The molecule has 1 aromatic carbocycles. The first-order valence-electron chi connectivity index (χ1n) is 9.02. The van der Waals surface area contributed by atoms with Crippen LogP contribution in [0.5, 0.6) is 0 Å². The van der Waals surface area contributed by atoms with Gasteiger partial charge in [-0.25, -0.2) is 10.3 Å². The van der Waals surface area contributed by atoms with Gasteiger partial charge in [-0.3, -0.25) is 14.8 Å². The Morgan fingerprint density at radius 2 is 1.67 bits per heavy atom. The molecule has 0 heterocycles. The second-order valence-corrected chi connectivity index (χ2v) is 8.08. The van der Waals surface area contributed by atoms with Gasteiger partial charge in [0.2, 0.25) is 5.91 Å². The summed E-state index contributed by atoms with van der Waals surface area (Å²) in [4.78, 5) is 38.7. The van der Waals surface area contributed by atoms with E-state index in [1.807, 2.05) is 19.9 Å². The fourth-order valence-corrected chi connectivity index (χ4v) is 3.10. The Labute approximate surface area is 160 Å². The molecule has 0 aliphatic heterocycles. The molecule has 7 nitrogen and oxygen atoms in total. The molecule has 0 saturated heterocycles. The minimum Gasteiger partial charge on any atom is -0.480 e. The molecular weight excluding hydrogens is 348 g/mol. The molecule has 7 heteroatoms. The molecular formula is C20H30N2O5. The normalized spacial score (nSPS) is 13.7. The Morgan fingerprint density at radius 1 is 1.11 bits per heavy atom. The highest BCUT2D eigenvalue weighted by atomic mass is 16.5. The van der Waals surface area contributed by atoms with Crippen molar-refractivity contribution < 1.29 is 24.7 Å². The van der Waals surface area contributed by atoms with Crippen molar-refractivity contribution in [3.63, 3.8) is 0 Å². The maximum atomic E-state index is 13.3. The number of nitrogens with one attached hydrogen (secondary N) is 1.